The molecule has 1 atom stereocenters. The quantitative estimate of drug-likeness (QED) is 0.641. The zero-order valence-electron chi connectivity index (χ0n) is 15.0. The van der Waals surface area contributed by atoms with Gasteiger partial charge in [-0.15, -0.1) is 0 Å². The number of nitrogens with zero attached hydrogens (tertiary/aromatic N) is 3. The summed E-state index contributed by atoms with van der Waals surface area (Å²) in [5.74, 6) is -0.777. The van der Waals surface area contributed by atoms with E-state index in [0.717, 1.165) is 18.9 Å². The monoisotopic (exact) mass is 364 g/mol. The van der Waals surface area contributed by atoms with E-state index in [9.17, 15) is 19.3 Å². The van der Waals surface area contributed by atoms with Crippen molar-refractivity contribution in [2.45, 2.75) is 44.7 Å². The van der Waals surface area contributed by atoms with Crippen molar-refractivity contribution >= 4 is 17.3 Å². The Morgan fingerprint density at radius 3 is 2.54 bits per heavy atom. The van der Waals surface area contributed by atoms with Crippen LogP contribution in [0.25, 0.3) is 0 Å². The van der Waals surface area contributed by atoms with Gasteiger partial charge >= 0.3 is 5.69 Å². The standard InChI is InChI=1S/C18H25FN4O3/c1-13(18(24)20-14-5-2-3-6-14)21-9-11-22(12-10-21)16-8-4-7-15(19)17(16)23(25)26/h4,7-8,13-14H,2-3,5-6,9-12H2,1H3,(H,20,24). The number of para-hydroxylation sites is 1. The molecule has 0 aromatic heterocycles. The van der Waals surface area contributed by atoms with Crippen molar-refractivity contribution in [3.8, 4) is 0 Å². The fraction of sp³-hybridized carbons (Fsp3) is 0.611. The fourth-order valence-electron chi connectivity index (χ4n) is 3.85. The van der Waals surface area contributed by atoms with Crippen LogP contribution in [0.2, 0.25) is 0 Å². The molecule has 1 heterocycles. The molecule has 2 fully saturated rings. The molecule has 1 N–H and O–H groups in total. The molecular weight excluding hydrogens is 339 g/mol. The average Bonchev–Trinajstić information content (AvgIpc) is 3.13. The normalized spacial score (nSPS) is 20.2. The second-order valence-electron chi connectivity index (χ2n) is 7.05. The summed E-state index contributed by atoms with van der Waals surface area (Å²) in [5.41, 5.74) is -0.175. The summed E-state index contributed by atoms with van der Waals surface area (Å²) >= 11 is 0. The summed E-state index contributed by atoms with van der Waals surface area (Å²) in [6, 6.07) is 4.23. The molecule has 1 unspecified atom stereocenters. The van der Waals surface area contributed by atoms with Gasteiger partial charge in [0.2, 0.25) is 11.7 Å². The van der Waals surface area contributed by atoms with Gasteiger partial charge < -0.3 is 10.2 Å². The van der Waals surface area contributed by atoms with Crippen LogP contribution >= 0.6 is 0 Å². The Morgan fingerprint density at radius 2 is 1.92 bits per heavy atom. The Labute approximate surface area is 152 Å². The maximum Gasteiger partial charge on any atom is 0.327 e. The Balaban J connectivity index is 1.60. The number of piperazine rings is 1. The predicted octanol–water partition coefficient (Wildman–Crippen LogP) is 2.30. The van der Waals surface area contributed by atoms with E-state index < -0.39 is 16.4 Å². The predicted molar refractivity (Wildman–Crippen MR) is 96.7 cm³/mol. The van der Waals surface area contributed by atoms with Crippen LogP contribution in [0.3, 0.4) is 0 Å². The molecule has 7 nitrogen and oxygen atoms in total. The number of halogens is 1. The third kappa shape index (κ3) is 3.95. The Bertz CT molecular complexity index is 670. The van der Waals surface area contributed by atoms with Crippen LogP contribution < -0.4 is 10.2 Å². The maximum absolute atomic E-state index is 13.8. The van der Waals surface area contributed by atoms with Gasteiger partial charge in [-0.25, -0.2) is 0 Å². The lowest BCUT2D eigenvalue weighted by Crippen LogP contribution is -2.55. The minimum atomic E-state index is -0.820. The van der Waals surface area contributed by atoms with E-state index in [1.54, 1.807) is 6.07 Å². The number of hydrogen-bond donors (Lipinski definition) is 1. The molecule has 1 aromatic rings. The Kier molecular flexibility index (Phi) is 5.70. The largest absolute Gasteiger partial charge is 0.363 e. The minimum absolute atomic E-state index is 0.0436. The highest BCUT2D eigenvalue weighted by Crippen LogP contribution is 2.31. The third-order valence-electron chi connectivity index (χ3n) is 5.43. The highest BCUT2D eigenvalue weighted by molar-refractivity contribution is 5.81. The molecule has 1 aliphatic carbocycles. The van der Waals surface area contributed by atoms with Crippen molar-refractivity contribution < 1.29 is 14.1 Å². The second kappa shape index (κ2) is 7.99. The second-order valence-corrected chi connectivity index (χ2v) is 7.05. The number of carbonyl (C=O) groups excluding carboxylic acids is 1. The molecule has 8 heteroatoms. The Morgan fingerprint density at radius 1 is 1.27 bits per heavy atom. The van der Waals surface area contributed by atoms with Gasteiger partial charge in [0.15, 0.2) is 0 Å². The lowest BCUT2D eigenvalue weighted by molar-refractivity contribution is -0.386. The van der Waals surface area contributed by atoms with Crippen LogP contribution in [0.15, 0.2) is 18.2 Å². The molecule has 2 aliphatic rings. The van der Waals surface area contributed by atoms with Crippen LogP contribution in [-0.2, 0) is 4.79 Å². The molecule has 0 bridgehead atoms. The summed E-state index contributed by atoms with van der Waals surface area (Å²) < 4.78 is 13.8. The van der Waals surface area contributed by atoms with Gasteiger partial charge in [-0.2, -0.15) is 4.39 Å². The number of nitrogens with one attached hydrogen (secondary N) is 1. The van der Waals surface area contributed by atoms with Gasteiger partial charge in [-0.05, 0) is 31.9 Å². The number of carbonyl (C=O) groups is 1. The van der Waals surface area contributed by atoms with E-state index in [1.165, 1.54) is 18.9 Å². The summed E-state index contributed by atoms with van der Waals surface area (Å²) in [5, 5.41) is 14.3. The summed E-state index contributed by atoms with van der Waals surface area (Å²) in [6.45, 7) is 4.14. The molecule has 1 saturated heterocycles. The molecule has 1 amide bonds. The number of nitro benzene ring substituents is 1. The van der Waals surface area contributed by atoms with E-state index in [2.05, 4.69) is 10.2 Å². The van der Waals surface area contributed by atoms with E-state index in [-0.39, 0.29) is 11.9 Å². The van der Waals surface area contributed by atoms with Gasteiger partial charge in [0, 0.05) is 32.2 Å². The average molecular weight is 364 g/mol. The molecule has 1 saturated carbocycles. The first kappa shape index (κ1) is 18.6. The first-order valence-electron chi connectivity index (χ1n) is 9.19. The van der Waals surface area contributed by atoms with Gasteiger partial charge in [0.25, 0.3) is 0 Å². The number of amides is 1. The highest BCUT2D eigenvalue weighted by atomic mass is 19.1. The minimum Gasteiger partial charge on any atom is -0.363 e. The van der Waals surface area contributed by atoms with Crippen molar-refractivity contribution in [1.29, 1.82) is 0 Å². The van der Waals surface area contributed by atoms with E-state index in [1.807, 2.05) is 11.8 Å². The number of anilines is 1. The summed E-state index contributed by atoms with van der Waals surface area (Å²) in [4.78, 5) is 26.8. The van der Waals surface area contributed by atoms with Gasteiger partial charge in [0.1, 0.15) is 5.69 Å². The van der Waals surface area contributed by atoms with Crippen LogP contribution in [0.4, 0.5) is 15.8 Å². The summed E-state index contributed by atoms with van der Waals surface area (Å²) in [7, 11) is 0. The topological polar surface area (TPSA) is 78.7 Å². The molecule has 1 aromatic carbocycles. The Hall–Kier alpha value is -2.22. The van der Waals surface area contributed by atoms with Gasteiger partial charge in [0.05, 0.1) is 11.0 Å². The zero-order valence-corrected chi connectivity index (χ0v) is 15.0. The van der Waals surface area contributed by atoms with Crippen LogP contribution in [0, 0.1) is 15.9 Å². The van der Waals surface area contributed by atoms with Gasteiger partial charge in [-0.1, -0.05) is 18.9 Å². The summed E-state index contributed by atoms with van der Waals surface area (Å²) in [6.07, 6.45) is 4.44. The van der Waals surface area contributed by atoms with Crippen molar-refractivity contribution in [2.24, 2.45) is 0 Å². The highest BCUT2D eigenvalue weighted by Gasteiger charge is 2.30. The van der Waals surface area contributed by atoms with E-state index in [4.69, 9.17) is 0 Å². The molecule has 1 aliphatic heterocycles. The van der Waals surface area contributed by atoms with Crippen LogP contribution in [0.5, 0.6) is 0 Å². The number of hydrogen-bond acceptors (Lipinski definition) is 5. The maximum atomic E-state index is 13.8. The van der Waals surface area contributed by atoms with Crippen molar-refractivity contribution in [3.63, 3.8) is 0 Å². The van der Waals surface area contributed by atoms with Crippen LogP contribution in [0.1, 0.15) is 32.6 Å². The van der Waals surface area contributed by atoms with Gasteiger partial charge in [-0.3, -0.25) is 19.8 Å². The van der Waals surface area contributed by atoms with E-state index >= 15 is 0 Å². The smallest absolute Gasteiger partial charge is 0.327 e. The molecule has 0 radical (unpaired) electrons. The van der Waals surface area contributed by atoms with Crippen LogP contribution in [-0.4, -0.2) is 54.0 Å². The number of benzene rings is 1. The molecule has 3 rings (SSSR count). The van der Waals surface area contributed by atoms with Crippen molar-refractivity contribution in [1.82, 2.24) is 10.2 Å². The lowest BCUT2D eigenvalue weighted by Gasteiger charge is -2.38. The SMILES string of the molecule is CC(C(=O)NC1CCCC1)N1CCN(c2cccc(F)c2[N+](=O)[O-])CC1. The zero-order chi connectivity index (χ0) is 18.7. The first-order chi connectivity index (χ1) is 12.5. The number of rotatable bonds is 5. The van der Waals surface area contributed by atoms with Crippen molar-refractivity contribution in [2.75, 3.05) is 31.1 Å². The third-order valence-corrected chi connectivity index (χ3v) is 5.43. The van der Waals surface area contributed by atoms with Crippen molar-refractivity contribution in [3.05, 3.63) is 34.1 Å². The molecular formula is C18H25FN4O3. The molecule has 0 spiro atoms. The fourth-order valence-corrected chi connectivity index (χ4v) is 3.85. The first-order valence-corrected chi connectivity index (χ1v) is 9.19. The molecule has 26 heavy (non-hydrogen) atoms. The molecule has 142 valence electrons. The lowest BCUT2D eigenvalue weighted by atomic mass is 10.1. The van der Waals surface area contributed by atoms with E-state index in [0.29, 0.717) is 37.9 Å². The number of nitro groups is 1.